The third-order valence-electron chi connectivity index (χ3n) is 5.85. The van der Waals surface area contributed by atoms with Gasteiger partial charge in [-0.05, 0) is 38.3 Å². The second kappa shape index (κ2) is 10.2. The van der Waals surface area contributed by atoms with Crippen molar-refractivity contribution in [1.82, 2.24) is 14.8 Å². The van der Waals surface area contributed by atoms with Crippen molar-refractivity contribution >= 4 is 46.9 Å². The first-order chi connectivity index (χ1) is 16.4. The lowest BCUT2D eigenvalue weighted by molar-refractivity contribution is 0.0560. The molecule has 1 fully saturated rings. The van der Waals surface area contributed by atoms with Gasteiger partial charge in [-0.15, -0.1) is 0 Å². The third-order valence-corrected chi connectivity index (χ3v) is 6.23. The number of benzene rings is 2. The van der Waals surface area contributed by atoms with Crippen molar-refractivity contribution in [3.63, 3.8) is 0 Å². The van der Waals surface area contributed by atoms with Crippen LogP contribution < -0.4 is 0 Å². The maximum atomic E-state index is 13.2. The summed E-state index contributed by atoms with van der Waals surface area (Å²) < 4.78 is 5.19. The Kier molecular flexibility index (Phi) is 7.12. The van der Waals surface area contributed by atoms with Gasteiger partial charge in [0.2, 0.25) is 0 Å². The quantitative estimate of drug-likeness (QED) is 0.454. The fourth-order valence-electron chi connectivity index (χ4n) is 4.04. The van der Waals surface area contributed by atoms with E-state index in [1.54, 1.807) is 28.0 Å². The molecule has 7 nitrogen and oxygen atoms in total. The number of hydrogen-bond acceptors (Lipinski definition) is 5. The summed E-state index contributed by atoms with van der Waals surface area (Å²) in [6.07, 6.45) is 0.453. The Hall–Kier alpha value is -3.45. The zero-order valence-corrected chi connectivity index (χ0v) is 20.1. The molecule has 0 N–H and O–H groups in total. The van der Waals surface area contributed by atoms with Crippen molar-refractivity contribution in [2.45, 2.75) is 20.3 Å². The van der Waals surface area contributed by atoms with Crippen molar-refractivity contribution in [1.29, 1.82) is 0 Å². The third kappa shape index (κ3) is 4.75. The van der Waals surface area contributed by atoms with Crippen LogP contribution in [0.3, 0.4) is 0 Å². The highest BCUT2D eigenvalue weighted by Gasteiger charge is 2.26. The van der Waals surface area contributed by atoms with E-state index in [0.29, 0.717) is 65.7 Å². The highest BCUT2D eigenvalue weighted by Crippen LogP contribution is 2.40. The van der Waals surface area contributed by atoms with Crippen molar-refractivity contribution < 1.29 is 14.3 Å². The molecule has 0 spiro atoms. The predicted molar refractivity (Wildman–Crippen MR) is 135 cm³/mol. The average molecular weight is 479 g/mol. The topological polar surface area (TPSA) is 75.1 Å². The summed E-state index contributed by atoms with van der Waals surface area (Å²) in [5, 5.41) is 1.16. The van der Waals surface area contributed by atoms with Gasteiger partial charge in [0.15, 0.2) is 0 Å². The number of pyridine rings is 1. The minimum atomic E-state index is -0.325. The van der Waals surface area contributed by atoms with Gasteiger partial charge in [0.25, 0.3) is 5.91 Å². The van der Waals surface area contributed by atoms with Gasteiger partial charge in [-0.1, -0.05) is 48.4 Å². The number of nitrogens with zero attached hydrogens (tertiary/aromatic N) is 4. The Morgan fingerprint density at radius 2 is 1.85 bits per heavy atom. The Bertz CT molecular complexity index is 1250. The van der Waals surface area contributed by atoms with E-state index in [2.05, 4.69) is 11.7 Å². The van der Waals surface area contributed by atoms with E-state index in [1.165, 1.54) is 0 Å². The number of carbonyl (C=O) groups excluding carboxylic acids is 2. The Labute approximate surface area is 204 Å². The lowest BCUT2D eigenvalue weighted by Gasteiger charge is -2.34. The number of halogens is 1. The molecule has 34 heavy (non-hydrogen) atoms. The van der Waals surface area contributed by atoms with Crippen LogP contribution >= 0.6 is 11.6 Å². The van der Waals surface area contributed by atoms with Gasteiger partial charge in [-0.25, -0.2) is 9.78 Å². The molecule has 1 saturated heterocycles. The van der Waals surface area contributed by atoms with Gasteiger partial charge >= 0.3 is 6.09 Å². The van der Waals surface area contributed by atoms with Crippen molar-refractivity contribution in [3.05, 3.63) is 58.6 Å². The molecule has 8 heteroatoms. The van der Waals surface area contributed by atoms with Crippen LogP contribution in [0.15, 0.2) is 47.5 Å². The van der Waals surface area contributed by atoms with Crippen molar-refractivity contribution in [2.24, 2.45) is 4.99 Å². The van der Waals surface area contributed by atoms with Gasteiger partial charge in [0.05, 0.1) is 22.8 Å². The number of aromatic nitrogens is 1. The predicted octanol–water partition coefficient (Wildman–Crippen LogP) is 5.50. The van der Waals surface area contributed by atoms with Crippen LogP contribution in [0.4, 0.5) is 10.5 Å². The minimum Gasteiger partial charge on any atom is -0.449 e. The van der Waals surface area contributed by atoms with Gasteiger partial charge in [-0.3, -0.25) is 9.79 Å². The standard InChI is InChI=1S/C26H27ClN4O3/c1-4-14-34-26(33)31-12-10-30(11-13-31)25(32)19-8-9-20-21(16-19)29-23(24(28-3)22(20)27)18-7-5-6-17(2)15-18/h5-9,15-16H,3-4,10-14H2,1-2H3. The first kappa shape index (κ1) is 23.7. The molecule has 176 valence electrons. The number of ether oxygens (including phenoxy) is 1. The molecule has 3 aromatic rings. The molecule has 1 aliphatic heterocycles. The Balaban J connectivity index is 1.60. The lowest BCUT2D eigenvalue weighted by Crippen LogP contribution is -2.50. The number of fused-ring (bicyclic) bond motifs is 1. The second-order valence-corrected chi connectivity index (χ2v) is 8.65. The van der Waals surface area contributed by atoms with Crippen LogP contribution in [0.2, 0.25) is 5.02 Å². The first-order valence-corrected chi connectivity index (χ1v) is 11.7. The monoisotopic (exact) mass is 478 g/mol. The van der Waals surface area contributed by atoms with Crippen LogP contribution in [-0.2, 0) is 4.74 Å². The number of carbonyl (C=O) groups is 2. The van der Waals surface area contributed by atoms with E-state index in [4.69, 9.17) is 21.3 Å². The molecule has 0 unspecified atom stereocenters. The van der Waals surface area contributed by atoms with E-state index >= 15 is 0 Å². The summed E-state index contributed by atoms with van der Waals surface area (Å²) in [5.41, 5.74) is 4.25. The van der Waals surface area contributed by atoms with E-state index in [1.807, 2.05) is 38.1 Å². The number of aryl methyl sites for hydroxylation is 1. The van der Waals surface area contributed by atoms with Crippen LogP contribution in [0.25, 0.3) is 22.2 Å². The van der Waals surface area contributed by atoms with Gasteiger partial charge in [0, 0.05) is 42.7 Å². The fraction of sp³-hybridized carbons (Fsp3) is 0.308. The number of amides is 2. The molecule has 1 aliphatic rings. The van der Waals surface area contributed by atoms with Gasteiger partial charge in [-0.2, -0.15) is 0 Å². The summed E-state index contributed by atoms with van der Waals surface area (Å²) in [7, 11) is 0. The smallest absolute Gasteiger partial charge is 0.409 e. The zero-order valence-electron chi connectivity index (χ0n) is 19.4. The van der Waals surface area contributed by atoms with Crippen LogP contribution in [-0.4, -0.2) is 66.3 Å². The SMILES string of the molecule is C=Nc1c(-c2cccc(C)c2)nc2cc(C(=O)N3CCN(C(=O)OCCC)CC3)ccc2c1Cl. The Morgan fingerprint density at radius 3 is 2.53 bits per heavy atom. The molecule has 1 aromatic heterocycles. The van der Waals surface area contributed by atoms with Crippen molar-refractivity contribution in [2.75, 3.05) is 32.8 Å². The van der Waals surface area contributed by atoms with Crippen LogP contribution in [0, 0.1) is 6.92 Å². The zero-order chi connectivity index (χ0) is 24.2. The van der Waals surface area contributed by atoms with E-state index in [-0.39, 0.29) is 12.0 Å². The average Bonchev–Trinajstić information content (AvgIpc) is 2.86. The molecule has 0 saturated carbocycles. The molecule has 2 aromatic carbocycles. The van der Waals surface area contributed by atoms with Crippen molar-refractivity contribution in [3.8, 4) is 11.3 Å². The van der Waals surface area contributed by atoms with E-state index in [0.717, 1.165) is 17.5 Å². The maximum absolute atomic E-state index is 13.2. The molecule has 0 atom stereocenters. The molecular formula is C26H27ClN4O3. The molecule has 2 amide bonds. The van der Waals surface area contributed by atoms with Gasteiger partial charge < -0.3 is 14.5 Å². The molecule has 0 radical (unpaired) electrons. The Morgan fingerprint density at radius 1 is 1.12 bits per heavy atom. The summed E-state index contributed by atoms with van der Waals surface area (Å²) in [6, 6.07) is 13.2. The summed E-state index contributed by atoms with van der Waals surface area (Å²) in [4.78, 5) is 37.6. The summed E-state index contributed by atoms with van der Waals surface area (Å²) >= 11 is 6.68. The first-order valence-electron chi connectivity index (χ1n) is 11.3. The van der Waals surface area contributed by atoms with Crippen LogP contribution in [0.1, 0.15) is 29.3 Å². The highest BCUT2D eigenvalue weighted by atomic mass is 35.5. The minimum absolute atomic E-state index is 0.107. The second-order valence-electron chi connectivity index (χ2n) is 8.28. The molecule has 0 aliphatic carbocycles. The molecule has 2 heterocycles. The highest BCUT2D eigenvalue weighted by molar-refractivity contribution is 6.38. The number of rotatable bonds is 5. The number of hydrogen-bond donors (Lipinski definition) is 0. The summed E-state index contributed by atoms with van der Waals surface area (Å²) in [5.74, 6) is -0.107. The molecular weight excluding hydrogens is 452 g/mol. The molecule has 0 bridgehead atoms. The van der Waals surface area contributed by atoms with Gasteiger partial charge in [0.1, 0.15) is 5.69 Å². The largest absolute Gasteiger partial charge is 0.449 e. The lowest BCUT2D eigenvalue weighted by atomic mass is 10.0. The van der Waals surface area contributed by atoms with E-state index in [9.17, 15) is 9.59 Å². The van der Waals surface area contributed by atoms with Crippen LogP contribution in [0.5, 0.6) is 0 Å². The summed E-state index contributed by atoms with van der Waals surface area (Å²) in [6.45, 7) is 9.81. The maximum Gasteiger partial charge on any atom is 0.409 e. The molecule has 4 rings (SSSR count). The normalized spacial score (nSPS) is 13.7. The number of aliphatic imine (C=N–C) groups is 1. The number of piperazine rings is 1. The van der Waals surface area contributed by atoms with E-state index < -0.39 is 0 Å². The fourth-order valence-corrected chi connectivity index (χ4v) is 4.35.